The van der Waals surface area contributed by atoms with Crippen molar-refractivity contribution in [2.75, 3.05) is 31.5 Å². The van der Waals surface area contributed by atoms with Crippen LogP contribution in [0.5, 0.6) is 0 Å². The van der Waals surface area contributed by atoms with Crippen LogP contribution in [-0.2, 0) is 4.79 Å². The number of anilines is 1. The van der Waals surface area contributed by atoms with E-state index in [1.54, 1.807) is 0 Å². The number of hydrogen-bond donors (Lipinski definition) is 2. The number of carbonyl (C=O) groups is 1. The molecule has 0 spiro atoms. The summed E-state index contributed by atoms with van der Waals surface area (Å²) < 4.78 is 0. The van der Waals surface area contributed by atoms with Crippen molar-refractivity contribution in [1.82, 2.24) is 10.2 Å². The van der Waals surface area contributed by atoms with Gasteiger partial charge in [0.25, 0.3) is 0 Å². The van der Waals surface area contributed by atoms with E-state index >= 15 is 0 Å². The highest BCUT2D eigenvalue weighted by Gasteiger charge is 2.23. The molecule has 22 heavy (non-hydrogen) atoms. The molecule has 0 aromatic heterocycles. The van der Waals surface area contributed by atoms with Gasteiger partial charge >= 0.3 is 0 Å². The average Bonchev–Trinajstić information content (AvgIpc) is 2.96. The number of amides is 1. The Morgan fingerprint density at radius 2 is 2.18 bits per heavy atom. The maximum Gasteiger partial charge on any atom is 0.238 e. The van der Waals surface area contributed by atoms with E-state index < -0.39 is 0 Å². The second-order valence-electron chi connectivity index (χ2n) is 5.98. The number of halogens is 1. The van der Waals surface area contributed by atoms with Gasteiger partial charge in [-0.1, -0.05) is 19.1 Å². The minimum atomic E-state index is 0. The molecule has 1 unspecified atom stereocenters. The monoisotopic (exact) mass is 325 g/mol. The molecule has 2 rings (SSSR count). The summed E-state index contributed by atoms with van der Waals surface area (Å²) in [4.78, 5) is 14.7. The first-order valence-corrected chi connectivity index (χ1v) is 7.92. The summed E-state index contributed by atoms with van der Waals surface area (Å²) in [5.74, 6) is 0.0871. The first kappa shape index (κ1) is 18.9. The lowest BCUT2D eigenvalue weighted by Gasteiger charge is -2.27. The summed E-state index contributed by atoms with van der Waals surface area (Å²) in [6, 6.07) is 6.65. The molecule has 0 bridgehead atoms. The van der Waals surface area contributed by atoms with Crippen LogP contribution < -0.4 is 10.6 Å². The molecule has 5 heteroatoms. The number of rotatable bonds is 6. The van der Waals surface area contributed by atoms with Gasteiger partial charge in [-0.05, 0) is 57.0 Å². The van der Waals surface area contributed by atoms with E-state index in [1.807, 2.05) is 19.9 Å². The lowest BCUT2D eigenvalue weighted by atomic mass is 10.1. The van der Waals surface area contributed by atoms with Crippen molar-refractivity contribution in [1.29, 1.82) is 0 Å². The van der Waals surface area contributed by atoms with Crippen LogP contribution in [0.2, 0.25) is 0 Å². The molecule has 1 heterocycles. The second kappa shape index (κ2) is 9.13. The Morgan fingerprint density at radius 3 is 2.82 bits per heavy atom. The number of benzene rings is 1. The van der Waals surface area contributed by atoms with Gasteiger partial charge in [-0.3, -0.25) is 9.69 Å². The number of carbonyl (C=O) groups excluding carboxylic acids is 1. The van der Waals surface area contributed by atoms with Crippen molar-refractivity contribution in [3.05, 3.63) is 29.3 Å². The zero-order valence-electron chi connectivity index (χ0n) is 13.8. The fourth-order valence-corrected chi connectivity index (χ4v) is 2.87. The summed E-state index contributed by atoms with van der Waals surface area (Å²) in [6.45, 7) is 9.75. The maximum atomic E-state index is 12.3. The highest BCUT2D eigenvalue weighted by atomic mass is 35.5. The third-order valence-corrected chi connectivity index (χ3v) is 4.08. The van der Waals surface area contributed by atoms with Gasteiger partial charge in [0.2, 0.25) is 5.91 Å². The van der Waals surface area contributed by atoms with Gasteiger partial charge in [0.05, 0.1) is 6.54 Å². The van der Waals surface area contributed by atoms with E-state index in [0.717, 1.165) is 43.7 Å². The van der Waals surface area contributed by atoms with Gasteiger partial charge < -0.3 is 10.6 Å². The van der Waals surface area contributed by atoms with Crippen LogP contribution in [0.3, 0.4) is 0 Å². The fourth-order valence-electron chi connectivity index (χ4n) is 2.87. The van der Waals surface area contributed by atoms with E-state index in [2.05, 4.69) is 34.6 Å². The molecule has 0 saturated carbocycles. The molecule has 1 amide bonds. The predicted octanol–water partition coefficient (Wildman–Crippen LogP) is 2.74. The number of nitrogens with zero attached hydrogens (tertiary/aromatic N) is 1. The van der Waals surface area contributed by atoms with Crippen molar-refractivity contribution < 1.29 is 4.79 Å². The van der Waals surface area contributed by atoms with Crippen LogP contribution >= 0.6 is 12.4 Å². The summed E-state index contributed by atoms with van der Waals surface area (Å²) in [7, 11) is 0. The summed E-state index contributed by atoms with van der Waals surface area (Å²) in [5, 5.41) is 6.44. The lowest BCUT2D eigenvalue weighted by Crippen LogP contribution is -2.42. The molecule has 1 aliphatic heterocycles. The summed E-state index contributed by atoms with van der Waals surface area (Å²) in [5.41, 5.74) is 3.21. The van der Waals surface area contributed by atoms with Gasteiger partial charge in [-0.25, -0.2) is 0 Å². The molecule has 1 atom stereocenters. The molecular weight excluding hydrogens is 298 g/mol. The highest BCUT2D eigenvalue weighted by molar-refractivity contribution is 5.93. The van der Waals surface area contributed by atoms with Crippen molar-refractivity contribution in [3.8, 4) is 0 Å². The first-order valence-electron chi connectivity index (χ1n) is 7.92. The molecule has 0 radical (unpaired) electrons. The van der Waals surface area contributed by atoms with E-state index in [9.17, 15) is 4.79 Å². The van der Waals surface area contributed by atoms with Crippen LogP contribution in [0.4, 0.5) is 5.69 Å². The van der Waals surface area contributed by atoms with Crippen LogP contribution in [-0.4, -0.2) is 43.0 Å². The molecule has 1 aliphatic rings. The minimum absolute atomic E-state index is 0. The second-order valence-corrected chi connectivity index (χ2v) is 5.98. The van der Waals surface area contributed by atoms with Gasteiger partial charge in [-0.2, -0.15) is 0 Å². The summed E-state index contributed by atoms with van der Waals surface area (Å²) >= 11 is 0. The Morgan fingerprint density at radius 1 is 1.41 bits per heavy atom. The Kier molecular flexibility index (Phi) is 7.87. The van der Waals surface area contributed by atoms with Crippen molar-refractivity contribution >= 4 is 24.0 Å². The average molecular weight is 326 g/mol. The van der Waals surface area contributed by atoms with E-state index in [4.69, 9.17) is 0 Å². The van der Waals surface area contributed by atoms with Gasteiger partial charge in [0.15, 0.2) is 0 Å². The maximum absolute atomic E-state index is 12.3. The van der Waals surface area contributed by atoms with Crippen LogP contribution in [0.1, 0.15) is 30.9 Å². The Labute approximate surface area is 140 Å². The number of nitrogens with one attached hydrogen (secondary N) is 2. The molecule has 1 saturated heterocycles. The predicted molar refractivity (Wildman–Crippen MR) is 94.9 cm³/mol. The minimum Gasteiger partial charge on any atom is -0.325 e. The van der Waals surface area contributed by atoms with Crippen LogP contribution in [0.25, 0.3) is 0 Å². The van der Waals surface area contributed by atoms with E-state index in [1.165, 1.54) is 5.56 Å². The standard InChI is InChI=1S/C17H27N3O.ClH/c1-4-9-20(15-7-8-18-11-15)12-17(21)19-16-10-13(2)5-6-14(16)3;/h5-6,10,15,18H,4,7-9,11-12H2,1-3H3,(H,19,21);1H. The zero-order valence-corrected chi connectivity index (χ0v) is 14.6. The fraction of sp³-hybridized carbons (Fsp3) is 0.588. The number of aryl methyl sites for hydroxylation is 2. The van der Waals surface area contributed by atoms with Crippen LogP contribution in [0, 0.1) is 13.8 Å². The van der Waals surface area contributed by atoms with Crippen molar-refractivity contribution in [3.63, 3.8) is 0 Å². The summed E-state index contributed by atoms with van der Waals surface area (Å²) in [6.07, 6.45) is 2.21. The molecule has 124 valence electrons. The van der Waals surface area contributed by atoms with Crippen molar-refractivity contribution in [2.45, 2.75) is 39.7 Å². The van der Waals surface area contributed by atoms with Crippen LogP contribution in [0.15, 0.2) is 18.2 Å². The van der Waals surface area contributed by atoms with Gasteiger partial charge in [0.1, 0.15) is 0 Å². The van der Waals surface area contributed by atoms with Gasteiger partial charge in [-0.15, -0.1) is 12.4 Å². The SMILES string of the molecule is CCCN(CC(=O)Nc1cc(C)ccc1C)C1CCNC1.Cl. The molecule has 2 N–H and O–H groups in total. The quantitative estimate of drug-likeness (QED) is 0.845. The largest absolute Gasteiger partial charge is 0.325 e. The molecule has 4 nitrogen and oxygen atoms in total. The van der Waals surface area contributed by atoms with E-state index in [0.29, 0.717) is 12.6 Å². The molecule has 1 fully saturated rings. The third-order valence-electron chi connectivity index (χ3n) is 4.08. The molecular formula is C17H28ClN3O. The normalized spacial score (nSPS) is 17.4. The highest BCUT2D eigenvalue weighted by Crippen LogP contribution is 2.17. The van der Waals surface area contributed by atoms with Crippen molar-refractivity contribution in [2.24, 2.45) is 0 Å². The molecule has 0 aliphatic carbocycles. The first-order chi connectivity index (χ1) is 10.1. The Bertz CT molecular complexity index is 487. The molecule has 1 aromatic carbocycles. The Hall–Kier alpha value is -1.10. The third kappa shape index (κ3) is 5.27. The van der Waals surface area contributed by atoms with E-state index in [-0.39, 0.29) is 18.3 Å². The smallest absolute Gasteiger partial charge is 0.238 e. The molecule has 1 aromatic rings. The Balaban J connectivity index is 0.00000242. The lowest BCUT2D eigenvalue weighted by molar-refractivity contribution is -0.117. The number of hydrogen-bond acceptors (Lipinski definition) is 3. The van der Waals surface area contributed by atoms with Gasteiger partial charge in [0, 0.05) is 18.3 Å². The zero-order chi connectivity index (χ0) is 15.2. The topological polar surface area (TPSA) is 44.4 Å².